The van der Waals surface area contributed by atoms with Crippen molar-refractivity contribution in [2.45, 2.75) is 13.8 Å². The van der Waals surface area contributed by atoms with E-state index in [4.69, 9.17) is 8.92 Å². The van der Waals surface area contributed by atoms with Gasteiger partial charge in [-0.25, -0.2) is 0 Å². The molecule has 0 aromatic heterocycles. The smallest absolute Gasteiger partial charge is 0.385 e. The summed E-state index contributed by atoms with van der Waals surface area (Å²) in [7, 11) is -2.23. The molecule has 0 fully saturated rings. The van der Waals surface area contributed by atoms with E-state index in [2.05, 4.69) is 0 Å². The molecule has 0 spiro atoms. The van der Waals surface area contributed by atoms with E-state index in [1.807, 2.05) is 36.4 Å². The fourth-order valence-corrected chi connectivity index (χ4v) is 3.38. The third kappa shape index (κ3) is 4.03. The van der Waals surface area contributed by atoms with Crippen molar-refractivity contribution in [1.29, 1.82) is 0 Å². The van der Waals surface area contributed by atoms with Gasteiger partial charge < -0.3 is 8.92 Å². The summed E-state index contributed by atoms with van der Waals surface area (Å²) in [5.74, 6) is 0.997. The predicted octanol–water partition coefficient (Wildman–Crippen LogP) is 3.33. The van der Waals surface area contributed by atoms with Gasteiger partial charge in [-0.2, -0.15) is 12.7 Å². The van der Waals surface area contributed by atoms with E-state index in [0.717, 1.165) is 5.56 Å². The number of methoxy groups -OCH3 is 1. The molecule has 0 bridgehead atoms. The first kappa shape index (κ1) is 17.3. The molecule has 5 nitrogen and oxygen atoms in total. The van der Waals surface area contributed by atoms with Crippen LogP contribution in [0.5, 0.6) is 11.5 Å². The summed E-state index contributed by atoms with van der Waals surface area (Å²) in [6.07, 6.45) is 0. The number of nitrogens with zero attached hydrogens (tertiary/aromatic N) is 1. The van der Waals surface area contributed by atoms with Crippen LogP contribution < -0.4 is 8.92 Å². The molecule has 2 aromatic carbocycles. The van der Waals surface area contributed by atoms with Crippen LogP contribution in [0, 0.1) is 0 Å². The first-order valence-corrected chi connectivity index (χ1v) is 8.81. The van der Waals surface area contributed by atoms with E-state index in [1.54, 1.807) is 33.1 Å². The Labute approximate surface area is 137 Å². The van der Waals surface area contributed by atoms with Gasteiger partial charge in [0, 0.05) is 18.7 Å². The largest absolute Gasteiger partial charge is 0.497 e. The van der Waals surface area contributed by atoms with Gasteiger partial charge in [0.2, 0.25) is 0 Å². The van der Waals surface area contributed by atoms with Crippen LogP contribution in [0.25, 0.3) is 11.1 Å². The van der Waals surface area contributed by atoms with Crippen LogP contribution in [0.2, 0.25) is 0 Å². The molecule has 2 rings (SSSR count). The van der Waals surface area contributed by atoms with Gasteiger partial charge in [-0.3, -0.25) is 0 Å². The Hall–Kier alpha value is -2.05. The molecule has 23 heavy (non-hydrogen) atoms. The molecule has 0 unspecified atom stereocenters. The van der Waals surface area contributed by atoms with Crippen molar-refractivity contribution in [3.8, 4) is 22.6 Å². The quantitative estimate of drug-likeness (QED) is 0.779. The molecule has 2 aromatic rings. The highest BCUT2D eigenvalue weighted by Gasteiger charge is 2.22. The molecule has 0 saturated carbocycles. The van der Waals surface area contributed by atoms with Crippen LogP contribution in [-0.4, -0.2) is 32.9 Å². The molecule has 124 valence electrons. The lowest BCUT2D eigenvalue weighted by molar-refractivity contribution is 0.376. The topological polar surface area (TPSA) is 55.8 Å². The number of rotatable bonds is 7. The monoisotopic (exact) mass is 335 g/mol. The average molecular weight is 335 g/mol. The van der Waals surface area contributed by atoms with Gasteiger partial charge >= 0.3 is 10.3 Å². The van der Waals surface area contributed by atoms with Gasteiger partial charge in [0.05, 0.1) is 7.11 Å². The zero-order valence-electron chi connectivity index (χ0n) is 13.5. The van der Waals surface area contributed by atoms with Crippen LogP contribution in [0.3, 0.4) is 0 Å². The van der Waals surface area contributed by atoms with E-state index in [9.17, 15) is 8.42 Å². The van der Waals surface area contributed by atoms with Crippen molar-refractivity contribution in [3.63, 3.8) is 0 Å². The molecular weight excluding hydrogens is 314 g/mol. The van der Waals surface area contributed by atoms with Gasteiger partial charge in [-0.1, -0.05) is 44.2 Å². The summed E-state index contributed by atoms with van der Waals surface area (Å²) in [6.45, 7) is 4.27. The zero-order valence-corrected chi connectivity index (χ0v) is 14.3. The van der Waals surface area contributed by atoms with E-state index in [0.29, 0.717) is 30.2 Å². The normalized spacial score (nSPS) is 11.5. The minimum atomic E-state index is -3.82. The summed E-state index contributed by atoms with van der Waals surface area (Å²) in [4.78, 5) is 0. The maximum Gasteiger partial charge on any atom is 0.385 e. The highest BCUT2D eigenvalue weighted by molar-refractivity contribution is 7.84. The van der Waals surface area contributed by atoms with E-state index >= 15 is 0 Å². The van der Waals surface area contributed by atoms with E-state index in [1.165, 1.54) is 4.31 Å². The Morgan fingerprint density at radius 2 is 1.70 bits per heavy atom. The lowest BCUT2D eigenvalue weighted by atomic mass is 10.0. The highest BCUT2D eigenvalue weighted by Crippen LogP contribution is 2.32. The average Bonchev–Trinajstić information content (AvgIpc) is 2.56. The van der Waals surface area contributed by atoms with Crippen molar-refractivity contribution in [2.75, 3.05) is 20.2 Å². The van der Waals surface area contributed by atoms with Crippen LogP contribution in [0.4, 0.5) is 0 Å². The first-order chi connectivity index (χ1) is 11.0. The Balaban J connectivity index is 2.42. The van der Waals surface area contributed by atoms with Crippen molar-refractivity contribution in [2.24, 2.45) is 0 Å². The molecule has 0 heterocycles. The summed E-state index contributed by atoms with van der Waals surface area (Å²) in [5.41, 5.74) is 1.52. The van der Waals surface area contributed by atoms with Crippen LogP contribution in [-0.2, 0) is 10.3 Å². The SMILES string of the molecule is CCN(CC)S(=O)(=O)Oc1ccccc1-c1cccc(OC)c1. The fourth-order valence-electron chi connectivity index (χ4n) is 2.27. The first-order valence-electron chi connectivity index (χ1n) is 7.44. The lowest BCUT2D eigenvalue weighted by Gasteiger charge is -2.19. The summed E-state index contributed by atoms with van der Waals surface area (Å²) < 4.78 is 36.6. The van der Waals surface area contributed by atoms with Crippen molar-refractivity contribution in [1.82, 2.24) is 4.31 Å². The molecule has 0 radical (unpaired) electrons. The van der Waals surface area contributed by atoms with E-state index < -0.39 is 10.3 Å². The standard InChI is InChI=1S/C17H21NO4S/c1-4-18(5-2)23(19,20)22-17-12-7-6-11-16(17)14-9-8-10-15(13-14)21-3/h6-13H,4-5H2,1-3H3. The molecule has 0 aliphatic heterocycles. The number of para-hydroxylation sites is 1. The van der Waals surface area contributed by atoms with Gasteiger partial charge in [0.15, 0.2) is 5.75 Å². The van der Waals surface area contributed by atoms with Gasteiger partial charge in [-0.15, -0.1) is 0 Å². The summed E-state index contributed by atoms with van der Waals surface area (Å²) in [6, 6.07) is 14.5. The fraction of sp³-hybridized carbons (Fsp3) is 0.294. The predicted molar refractivity (Wildman–Crippen MR) is 90.9 cm³/mol. The second kappa shape index (κ2) is 7.48. The third-order valence-electron chi connectivity index (χ3n) is 3.48. The molecule has 0 atom stereocenters. The maximum absolute atomic E-state index is 12.3. The second-order valence-corrected chi connectivity index (χ2v) is 6.39. The van der Waals surface area contributed by atoms with Crippen molar-refractivity contribution >= 4 is 10.3 Å². The summed E-state index contributed by atoms with van der Waals surface area (Å²) >= 11 is 0. The van der Waals surface area contributed by atoms with Crippen LogP contribution in [0.15, 0.2) is 48.5 Å². The Morgan fingerprint density at radius 3 is 2.35 bits per heavy atom. The number of benzene rings is 2. The minimum Gasteiger partial charge on any atom is -0.497 e. The third-order valence-corrected chi connectivity index (χ3v) is 5.02. The highest BCUT2D eigenvalue weighted by atomic mass is 32.2. The number of hydrogen-bond donors (Lipinski definition) is 0. The van der Waals surface area contributed by atoms with Crippen LogP contribution >= 0.6 is 0 Å². The zero-order chi connectivity index (χ0) is 16.9. The Bertz CT molecular complexity index is 755. The molecular formula is C17H21NO4S. The van der Waals surface area contributed by atoms with Gasteiger partial charge in [-0.05, 0) is 23.8 Å². The van der Waals surface area contributed by atoms with Gasteiger partial charge in [0.1, 0.15) is 5.75 Å². The van der Waals surface area contributed by atoms with Crippen molar-refractivity contribution in [3.05, 3.63) is 48.5 Å². The molecule has 0 aliphatic rings. The maximum atomic E-state index is 12.3. The summed E-state index contributed by atoms with van der Waals surface area (Å²) in [5, 5.41) is 0. The molecule has 0 aliphatic carbocycles. The van der Waals surface area contributed by atoms with E-state index in [-0.39, 0.29) is 0 Å². The minimum absolute atomic E-state index is 0.299. The molecule has 6 heteroatoms. The number of hydrogen-bond acceptors (Lipinski definition) is 4. The van der Waals surface area contributed by atoms with Crippen molar-refractivity contribution < 1.29 is 17.3 Å². The van der Waals surface area contributed by atoms with Gasteiger partial charge in [0.25, 0.3) is 0 Å². The molecule has 0 amide bonds. The lowest BCUT2D eigenvalue weighted by Crippen LogP contribution is -2.34. The second-order valence-electron chi connectivity index (χ2n) is 4.85. The van der Waals surface area contributed by atoms with Crippen LogP contribution in [0.1, 0.15) is 13.8 Å². The Kier molecular flexibility index (Phi) is 5.63. The number of ether oxygens (including phenoxy) is 1. The Morgan fingerprint density at radius 1 is 1.00 bits per heavy atom. The molecule has 0 saturated heterocycles. The molecule has 0 N–H and O–H groups in total.